The summed E-state index contributed by atoms with van der Waals surface area (Å²) in [7, 11) is 1.60. The number of β-amino-alcohol motifs (C(OH)–C–C–N with tert-alkyl or cyclic N) is 1. The van der Waals surface area contributed by atoms with E-state index in [0.29, 0.717) is 64.7 Å². The molecule has 170 valence electrons. The molecule has 4 aromatic rings. The van der Waals surface area contributed by atoms with Crippen molar-refractivity contribution >= 4 is 44.3 Å². The molecule has 0 radical (unpaired) electrons. The van der Waals surface area contributed by atoms with Crippen molar-refractivity contribution in [3.05, 3.63) is 52.7 Å². The zero-order valence-electron chi connectivity index (χ0n) is 18.3. The molecule has 1 aliphatic heterocycles. The van der Waals surface area contributed by atoms with Crippen molar-refractivity contribution in [3.63, 3.8) is 0 Å². The molecule has 33 heavy (non-hydrogen) atoms. The summed E-state index contributed by atoms with van der Waals surface area (Å²) in [5.74, 6) is 1.47. The number of benzene rings is 1. The molecule has 1 aromatic carbocycles. The number of pyridine rings is 1. The Morgan fingerprint density at radius 1 is 1.33 bits per heavy atom. The van der Waals surface area contributed by atoms with Crippen molar-refractivity contribution in [1.29, 1.82) is 0 Å². The predicted molar refractivity (Wildman–Crippen MR) is 125 cm³/mol. The van der Waals surface area contributed by atoms with Gasteiger partial charge in [0.25, 0.3) is 11.8 Å². The minimum Gasteiger partial charge on any atom is -0.460 e. The highest BCUT2D eigenvalue weighted by molar-refractivity contribution is 7.21. The summed E-state index contributed by atoms with van der Waals surface area (Å²) < 4.78 is 12.8. The highest BCUT2D eigenvalue weighted by Crippen LogP contribution is 2.37. The van der Waals surface area contributed by atoms with E-state index in [1.54, 1.807) is 42.4 Å². The van der Waals surface area contributed by atoms with Crippen molar-refractivity contribution in [1.82, 2.24) is 15.2 Å². The largest absolute Gasteiger partial charge is 0.460 e. The van der Waals surface area contributed by atoms with Gasteiger partial charge in [0.05, 0.1) is 26.8 Å². The quantitative estimate of drug-likeness (QED) is 0.462. The van der Waals surface area contributed by atoms with E-state index < -0.39 is 6.10 Å². The highest BCUT2D eigenvalue weighted by Gasteiger charge is 2.27. The van der Waals surface area contributed by atoms with Gasteiger partial charge in [-0.15, -0.1) is 11.3 Å². The molecule has 1 atom stereocenters. The lowest BCUT2D eigenvalue weighted by atomic mass is 10.1. The van der Waals surface area contributed by atoms with E-state index >= 15 is 0 Å². The number of amides is 2. The SMILES string of the molecule is CCc1oc2cc(Oc3ccnc4cc(C(=O)N5CCC(O)C5)sc34)ccc2c1C(=O)NC. The third-order valence-electron chi connectivity index (χ3n) is 5.77. The van der Waals surface area contributed by atoms with Crippen LogP contribution in [0.15, 0.2) is 40.9 Å². The summed E-state index contributed by atoms with van der Waals surface area (Å²) in [6, 6.07) is 8.89. The lowest BCUT2D eigenvalue weighted by Gasteiger charge is -2.13. The van der Waals surface area contributed by atoms with Crippen LogP contribution in [-0.2, 0) is 6.42 Å². The van der Waals surface area contributed by atoms with Crippen LogP contribution in [0.3, 0.4) is 0 Å². The molecule has 2 N–H and O–H groups in total. The van der Waals surface area contributed by atoms with Gasteiger partial charge in [0.1, 0.15) is 22.8 Å². The van der Waals surface area contributed by atoms with Gasteiger partial charge in [-0.3, -0.25) is 14.6 Å². The number of aryl methyl sites for hydroxylation is 1. The molecule has 3 aromatic heterocycles. The van der Waals surface area contributed by atoms with Gasteiger partial charge in [0.2, 0.25) is 0 Å². The van der Waals surface area contributed by atoms with E-state index in [-0.39, 0.29) is 11.8 Å². The number of likely N-dealkylation sites (tertiary alicyclic amines) is 1. The average molecular weight is 466 g/mol. The summed E-state index contributed by atoms with van der Waals surface area (Å²) in [6.07, 6.45) is 2.37. The first kappa shape index (κ1) is 21.4. The van der Waals surface area contributed by atoms with Gasteiger partial charge in [-0.25, -0.2) is 0 Å². The van der Waals surface area contributed by atoms with E-state index in [0.717, 1.165) is 10.1 Å². The topological polar surface area (TPSA) is 105 Å². The molecule has 1 aliphatic rings. The molecular formula is C24H23N3O5S. The van der Waals surface area contributed by atoms with Gasteiger partial charge in [-0.05, 0) is 24.6 Å². The van der Waals surface area contributed by atoms with E-state index in [9.17, 15) is 14.7 Å². The van der Waals surface area contributed by atoms with Gasteiger partial charge in [0.15, 0.2) is 0 Å². The number of furan rings is 1. The number of fused-ring (bicyclic) bond motifs is 2. The van der Waals surface area contributed by atoms with Crippen LogP contribution in [0.5, 0.6) is 11.5 Å². The van der Waals surface area contributed by atoms with Crippen molar-refractivity contribution in [2.24, 2.45) is 0 Å². The molecular weight excluding hydrogens is 442 g/mol. The second kappa shape index (κ2) is 8.49. The fourth-order valence-electron chi connectivity index (χ4n) is 4.12. The van der Waals surface area contributed by atoms with Crippen molar-refractivity contribution in [2.45, 2.75) is 25.9 Å². The minimum absolute atomic E-state index is 0.105. The fraction of sp³-hybridized carbons (Fsp3) is 0.292. The van der Waals surface area contributed by atoms with Crippen LogP contribution in [-0.4, -0.2) is 53.0 Å². The standard InChI is InChI=1S/C24H23N3O5S/c1-3-17-21(23(29)25-2)15-5-4-14(10-19(15)32-17)31-18-6-8-26-16-11-20(33-22(16)18)24(30)27-9-7-13(28)12-27/h4-6,8,10-11,13,28H,3,7,9,12H2,1-2H3,(H,25,29). The maximum Gasteiger partial charge on any atom is 0.264 e. The normalized spacial score (nSPS) is 16.0. The molecule has 0 spiro atoms. The first-order chi connectivity index (χ1) is 16.0. The number of aromatic nitrogens is 1. The average Bonchev–Trinajstić information content (AvgIpc) is 3.54. The molecule has 4 heterocycles. The van der Waals surface area contributed by atoms with Crippen LogP contribution in [0, 0.1) is 0 Å². The zero-order chi connectivity index (χ0) is 23.1. The van der Waals surface area contributed by atoms with Gasteiger partial charge in [0, 0.05) is 50.3 Å². The number of carbonyl (C=O) groups excluding carboxylic acids is 2. The summed E-state index contributed by atoms with van der Waals surface area (Å²) in [4.78, 5) is 31.7. The number of nitrogens with zero attached hydrogens (tertiary/aromatic N) is 2. The number of rotatable bonds is 5. The van der Waals surface area contributed by atoms with E-state index in [4.69, 9.17) is 9.15 Å². The molecule has 0 bridgehead atoms. The molecule has 9 heteroatoms. The first-order valence-electron chi connectivity index (χ1n) is 10.8. The Kier molecular flexibility index (Phi) is 5.51. The maximum atomic E-state index is 12.8. The molecule has 2 amide bonds. The van der Waals surface area contributed by atoms with Gasteiger partial charge >= 0.3 is 0 Å². The Morgan fingerprint density at radius 3 is 2.91 bits per heavy atom. The minimum atomic E-state index is -0.464. The summed E-state index contributed by atoms with van der Waals surface area (Å²) >= 11 is 1.32. The number of hydrogen-bond acceptors (Lipinski definition) is 7. The Balaban J connectivity index is 1.47. The van der Waals surface area contributed by atoms with Gasteiger partial charge < -0.3 is 24.5 Å². The number of aliphatic hydroxyl groups excluding tert-OH is 1. The van der Waals surface area contributed by atoms with Crippen molar-refractivity contribution < 1.29 is 23.8 Å². The van der Waals surface area contributed by atoms with Crippen LogP contribution in [0.2, 0.25) is 0 Å². The number of hydrogen-bond donors (Lipinski definition) is 2. The number of nitrogens with one attached hydrogen (secondary N) is 1. The van der Waals surface area contributed by atoms with E-state index in [2.05, 4.69) is 10.3 Å². The number of thiophene rings is 1. The number of carbonyl (C=O) groups is 2. The summed E-state index contributed by atoms with van der Waals surface area (Å²) in [5.41, 5.74) is 1.79. The summed E-state index contributed by atoms with van der Waals surface area (Å²) in [5, 5.41) is 13.1. The van der Waals surface area contributed by atoms with Gasteiger partial charge in [-0.1, -0.05) is 6.92 Å². The fourth-order valence-corrected chi connectivity index (χ4v) is 5.16. The second-order valence-electron chi connectivity index (χ2n) is 7.92. The molecule has 0 aliphatic carbocycles. The van der Waals surface area contributed by atoms with Crippen LogP contribution >= 0.6 is 11.3 Å². The third kappa shape index (κ3) is 3.83. The third-order valence-corrected chi connectivity index (χ3v) is 6.90. The lowest BCUT2D eigenvalue weighted by molar-refractivity contribution is 0.0769. The van der Waals surface area contributed by atoms with E-state index in [1.165, 1.54) is 11.3 Å². The Bertz CT molecular complexity index is 1380. The van der Waals surface area contributed by atoms with Crippen LogP contribution < -0.4 is 10.1 Å². The second-order valence-corrected chi connectivity index (χ2v) is 8.97. The predicted octanol–water partition coefficient (Wildman–Crippen LogP) is 3.96. The van der Waals surface area contributed by atoms with Crippen molar-refractivity contribution in [2.75, 3.05) is 20.1 Å². The van der Waals surface area contributed by atoms with Crippen LogP contribution in [0.1, 0.15) is 39.1 Å². The lowest BCUT2D eigenvalue weighted by Crippen LogP contribution is -2.28. The van der Waals surface area contributed by atoms with E-state index in [1.807, 2.05) is 13.0 Å². The van der Waals surface area contributed by atoms with Crippen LogP contribution in [0.25, 0.3) is 21.2 Å². The highest BCUT2D eigenvalue weighted by atomic mass is 32.1. The Labute approximate surface area is 193 Å². The zero-order valence-corrected chi connectivity index (χ0v) is 19.1. The molecule has 1 saturated heterocycles. The molecule has 8 nitrogen and oxygen atoms in total. The van der Waals surface area contributed by atoms with Gasteiger partial charge in [-0.2, -0.15) is 0 Å². The maximum absolute atomic E-state index is 12.8. The first-order valence-corrected chi connectivity index (χ1v) is 11.6. The number of ether oxygens (including phenoxy) is 1. The smallest absolute Gasteiger partial charge is 0.264 e. The summed E-state index contributed by atoms with van der Waals surface area (Å²) in [6.45, 7) is 2.84. The molecule has 1 unspecified atom stereocenters. The Morgan fingerprint density at radius 2 is 2.18 bits per heavy atom. The Hall–Kier alpha value is -3.43. The molecule has 5 rings (SSSR count). The number of aliphatic hydroxyl groups is 1. The molecule has 1 fully saturated rings. The monoisotopic (exact) mass is 465 g/mol. The molecule has 0 saturated carbocycles. The van der Waals surface area contributed by atoms with Crippen molar-refractivity contribution in [3.8, 4) is 11.5 Å². The van der Waals surface area contributed by atoms with Crippen LogP contribution in [0.4, 0.5) is 0 Å².